The Bertz CT molecular complexity index is 717. The molecule has 1 aliphatic heterocycles. The number of sulfonamides is 1. The third-order valence-electron chi connectivity index (χ3n) is 4.09. The third-order valence-corrected chi connectivity index (χ3v) is 5.36. The molecule has 0 saturated carbocycles. The molecule has 7 nitrogen and oxygen atoms in total. The number of rotatable bonds is 6. The van der Waals surface area contributed by atoms with Crippen LogP contribution in [0.1, 0.15) is 35.2 Å². The second-order valence-corrected chi connectivity index (χ2v) is 7.97. The molecule has 1 amide bonds. The van der Waals surface area contributed by atoms with Crippen LogP contribution in [0.3, 0.4) is 0 Å². The van der Waals surface area contributed by atoms with Crippen molar-refractivity contribution in [1.29, 1.82) is 0 Å². The van der Waals surface area contributed by atoms with Crippen LogP contribution in [-0.4, -0.2) is 55.1 Å². The average molecular weight is 354 g/mol. The maximum Gasteiger partial charge on any atom is 0.335 e. The van der Waals surface area contributed by atoms with Crippen LogP contribution in [0.4, 0.5) is 0 Å². The number of amides is 1. The van der Waals surface area contributed by atoms with Crippen LogP contribution >= 0.6 is 0 Å². The molecular weight excluding hydrogens is 332 g/mol. The molecule has 0 spiro atoms. The largest absolute Gasteiger partial charge is 0.478 e. The van der Waals surface area contributed by atoms with E-state index >= 15 is 0 Å². The van der Waals surface area contributed by atoms with Gasteiger partial charge in [-0.2, -0.15) is 0 Å². The molecule has 8 heteroatoms. The number of hydrogen-bond acceptors (Lipinski definition) is 4. The SMILES string of the molecule is CS(=O)(=O)N1CCCC(NC(=O)CCc2ccccc2C(=O)O)C1. The van der Waals surface area contributed by atoms with Gasteiger partial charge in [-0.05, 0) is 30.9 Å². The van der Waals surface area contributed by atoms with Gasteiger partial charge < -0.3 is 10.4 Å². The number of benzene rings is 1. The Morgan fingerprint density at radius 1 is 1.33 bits per heavy atom. The molecule has 1 atom stereocenters. The van der Waals surface area contributed by atoms with Gasteiger partial charge >= 0.3 is 5.97 Å². The Hall–Kier alpha value is -1.93. The Labute approximate surface area is 141 Å². The molecule has 24 heavy (non-hydrogen) atoms. The van der Waals surface area contributed by atoms with Gasteiger partial charge in [-0.1, -0.05) is 18.2 Å². The van der Waals surface area contributed by atoms with Crippen molar-refractivity contribution in [2.24, 2.45) is 0 Å². The Kier molecular flexibility index (Phi) is 5.95. The van der Waals surface area contributed by atoms with E-state index in [1.807, 2.05) is 0 Å². The molecule has 2 rings (SSSR count). The van der Waals surface area contributed by atoms with Crippen LogP contribution in [-0.2, 0) is 21.2 Å². The predicted octanol–water partition coefficient (Wildman–Crippen LogP) is 0.858. The Morgan fingerprint density at radius 3 is 2.71 bits per heavy atom. The maximum absolute atomic E-state index is 12.1. The second-order valence-electron chi connectivity index (χ2n) is 5.99. The van der Waals surface area contributed by atoms with Crippen LogP contribution in [0, 0.1) is 0 Å². The summed E-state index contributed by atoms with van der Waals surface area (Å²) >= 11 is 0. The summed E-state index contributed by atoms with van der Waals surface area (Å²) in [6.45, 7) is 0.771. The lowest BCUT2D eigenvalue weighted by Crippen LogP contribution is -2.49. The highest BCUT2D eigenvalue weighted by Crippen LogP contribution is 2.14. The molecule has 0 aliphatic carbocycles. The van der Waals surface area contributed by atoms with Crippen LogP contribution in [0.15, 0.2) is 24.3 Å². The van der Waals surface area contributed by atoms with E-state index in [-0.39, 0.29) is 30.5 Å². The highest BCUT2D eigenvalue weighted by molar-refractivity contribution is 7.88. The van der Waals surface area contributed by atoms with Crippen LogP contribution < -0.4 is 5.32 Å². The van der Waals surface area contributed by atoms with E-state index in [0.29, 0.717) is 24.9 Å². The number of aromatic carboxylic acids is 1. The molecule has 0 radical (unpaired) electrons. The minimum absolute atomic E-state index is 0.166. The van der Waals surface area contributed by atoms with Crippen molar-refractivity contribution < 1.29 is 23.1 Å². The number of aryl methyl sites for hydroxylation is 1. The van der Waals surface area contributed by atoms with Gasteiger partial charge in [0.1, 0.15) is 0 Å². The average Bonchev–Trinajstić information content (AvgIpc) is 2.52. The first-order valence-electron chi connectivity index (χ1n) is 7.83. The zero-order valence-corrected chi connectivity index (χ0v) is 14.4. The van der Waals surface area contributed by atoms with Crippen LogP contribution in [0.5, 0.6) is 0 Å². The van der Waals surface area contributed by atoms with E-state index in [1.54, 1.807) is 18.2 Å². The summed E-state index contributed by atoms with van der Waals surface area (Å²) in [5.74, 6) is -1.21. The lowest BCUT2D eigenvalue weighted by molar-refractivity contribution is -0.122. The molecule has 1 aromatic carbocycles. The highest BCUT2D eigenvalue weighted by atomic mass is 32.2. The van der Waals surface area contributed by atoms with Crippen molar-refractivity contribution in [3.05, 3.63) is 35.4 Å². The topological polar surface area (TPSA) is 104 Å². The lowest BCUT2D eigenvalue weighted by atomic mass is 10.0. The van der Waals surface area contributed by atoms with E-state index in [2.05, 4.69) is 5.32 Å². The molecule has 1 heterocycles. The molecule has 132 valence electrons. The predicted molar refractivity (Wildman–Crippen MR) is 89.3 cm³/mol. The first kappa shape index (κ1) is 18.4. The van der Waals surface area contributed by atoms with Crippen molar-refractivity contribution in [2.45, 2.75) is 31.7 Å². The summed E-state index contributed by atoms with van der Waals surface area (Å²) in [5.41, 5.74) is 0.813. The summed E-state index contributed by atoms with van der Waals surface area (Å²) in [4.78, 5) is 23.2. The summed E-state index contributed by atoms with van der Waals surface area (Å²) < 4.78 is 24.6. The fourth-order valence-electron chi connectivity index (χ4n) is 2.86. The minimum Gasteiger partial charge on any atom is -0.478 e. The van der Waals surface area contributed by atoms with Gasteiger partial charge in [0.25, 0.3) is 0 Å². The fourth-order valence-corrected chi connectivity index (χ4v) is 3.77. The van der Waals surface area contributed by atoms with Gasteiger partial charge in [0.15, 0.2) is 0 Å². The van der Waals surface area contributed by atoms with Gasteiger partial charge in [0.05, 0.1) is 11.8 Å². The number of piperidine rings is 1. The van der Waals surface area contributed by atoms with Crippen LogP contribution in [0.25, 0.3) is 0 Å². The summed E-state index contributed by atoms with van der Waals surface area (Å²) in [6.07, 6.45) is 3.11. The van der Waals surface area contributed by atoms with Crippen molar-refractivity contribution in [3.8, 4) is 0 Å². The fraction of sp³-hybridized carbons (Fsp3) is 0.500. The molecule has 1 fully saturated rings. The summed E-state index contributed by atoms with van der Waals surface area (Å²) in [7, 11) is -3.25. The normalized spacial score (nSPS) is 19.0. The first-order chi connectivity index (χ1) is 11.3. The van der Waals surface area contributed by atoms with Gasteiger partial charge in [-0.15, -0.1) is 0 Å². The minimum atomic E-state index is -3.25. The van der Waals surface area contributed by atoms with E-state index in [1.165, 1.54) is 16.6 Å². The Balaban J connectivity index is 1.89. The third kappa shape index (κ3) is 5.04. The van der Waals surface area contributed by atoms with Gasteiger partial charge in [-0.25, -0.2) is 17.5 Å². The molecule has 2 N–H and O–H groups in total. The monoisotopic (exact) mass is 354 g/mol. The molecule has 1 aromatic rings. The number of carboxylic acid groups (broad SMARTS) is 1. The van der Waals surface area contributed by atoms with Crippen LogP contribution in [0.2, 0.25) is 0 Å². The molecule has 1 saturated heterocycles. The number of carbonyl (C=O) groups excluding carboxylic acids is 1. The smallest absolute Gasteiger partial charge is 0.335 e. The molecule has 1 unspecified atom stereocenters. The maximum atomic E-state index is 12.1. The first-order valence-corrected chi connectivity index (χ1v) is 9.68. The number of carboxylic acids is 1. The quantitative estimate of drug-likeness (QED) is 0.788. The van der Waals surface area contributed by atoms with E-state index in [4.69, 9.17) is 5.11 Å². The van der Waals surface area contributed by atoms with Crippen molar-refractivity contribution in [3.63, 3.8) is 0 Å². The lowest BCUT2D eigenvalue weighted by Gasteiger charge is -2.31. The van der Waals surface area contributed by atoms with E-state index in [0.717, 1.165) is 6.42 Å². The number of nitrogens with zero attached hydrogens (tertiary/aromatic N) is 1. The molecule has 0 aromatic heterocycles. The standard InChI is InChI=1S/C16H22N2O5S/c1-24(22,23)18-10-4-6-13(11-18)17-15(19)9-8-12-5-2-3-7-14(12)16(20)21/h2-3,5,7,13H,4,6,8-11H2,1H3,(H,17,19)(H,20,21). The zero-order chi connectivity index (χ0) is 17.7. The number of hydrogen-bond donors (Lipinski definition) is 2. The molecule has 1 aliphatic rings. The van der Waals surface area contributed by atoms with Gasteiger partial charge in [0, 0.05) is 25.6 Å². The molecular formula is C16H22N2O5S. The summed E-state index contributed by atoms with van der Waals surface area (Å²) in [6, 6.07) is 6.40. The molecule has 0 bridgehead atoms. The van der Waals surface area contributed by atoms with Gasteiger partial charge in [0.2, 0.25) is 15.9 Å². The second kappa shape index (κ2) is 7.76. The van der Waals surface area contributed by atoms with Crippen molar-refractivity contribution in [1.82, 2.24) is 9.62 Å². The zero-order valence-electron chi connectivity index (χ0n) is 13.6. The number of nitrogens with one attached hydrogen (secondary N) is 1. The van der Waals surface area contributed by atoms with Crippen molar-refractivity contribution >= 4 is 21.9 Å². The number of carbonyl (C=O) groups is 2. The van der Waals surface area contributed by atoms with Gasteiger partial charge in [-0.3, -0.25) is 4.79 Å². The Morgan fingerprint density at radius 2 is 2.04 bits per heavy atom. The van der Waals surface area contributed by atoms with Crippen molar-refractivity contribution in [2.75, 3.05) is 19.3 Å². The highest BCUT2D eigenvalue weighted by Gasteiger charge is 2.26. The summed E-state index contributed by atoms with van der Waals surface area (Å²) in [5, 5.41) is 12.0. The van der Waals surface area contributed by atoms with E-state index in [9.17, 15) is 18.0 Å². The van der Waals surface area contributed by atoms with E-state index < -0.39 is 16.0 Å².